The summed E-state index contributed by atoms with van der Waals surface area (Å²) in [4.78, 5) is 4.63. The van der Waals surface area contributed by atoms with Gasteiger partial charge in [0.1, 0.15) is 6.61 Å². The molecule has 3 N–H and O–H groups in total. The van der Waals surface area contributed by atoms with Crippen LogP contribution in [0.25, 0.3) is 0 Å². The van der Waals surface area contributed by atoms with E-state index in [1.54, 1.807) is 12.1 Å². The molecule has 1 aliphatic rings. The second-order valence-electron chi connectivity index (χ2n) is 8.01. The topological polar surface area (TPSA) is 65.9 Å². The van der Waals surface area contributed by atoms with Gasteiger partial charge in [-0.15, -0.1) is 24.0 Å². The zero-order valence-corrected chi connectivity index (χ0v) is 20.5. The average Bonchev–Trinajstić information content (AvgIpc) is 2.70. The summed E-state index contributed by atoms with van der Waals surface area (Å²) in [5, 5.41) is 16.2. The first kappa shape index (κ1) is 28.0. The summed E-state index contributed by atoms with van der Waals surface area (Å²) in [7, 11) is 0. The van der Waals surface area contributed by atoms with Gasteiger partial charge in [0.15, 0.2) is 5.96 Å². The Hall–Kier alpha value is -1.07. The van der Waals surface area contributed by atoms with Gasteiger partial charge in [-0.1, -0.05) is 43.5 Å². The van der Waals surface area contributed by atoms with Crippen molar-refractivity contribution in [3.63, 3.8) is 0 Å². The number of hydrogen-bond donors (Lipinski definition) is 3. The van der Waals surface area contributed by atoms with Crippen molar-refractivity contribution >= 4 is 29.9 Å². The van der Waals surface area contributed by atoms with Crippen LogP contribution in [0.2, 0.25) is 0 Å². The number of halogens is 4. The summed E-state index contributed by atoms with van der Waals surface area (Å²) < 4.78 is 41.4. The Morgan fingerprint density at radius 2 is 1.87 bits per heavy atom. The van der Waals surface area contributed by atoms with E-state index >= 15 is 0 Å². The van der Waals surface area contributed by atoms with E-state index in [-0.39, 0.29) is 42.6 Å². The molecule has 31 heavy (non-hydrogen) atoms. The van der Waals surface area contributed by atoms with Crippen LogP contribution in [0, 0.1) is 5.41 Å². The third-order valence-electron chi connectivity index (χ3n) is 5.48. The smallest absolute Gasteiger partial charge is 0.396 e. The van der Waals surface area contributed by atoms with Crippen LogP contribution in [0.5, 0.6) is 0 Å². The molecule has 0 bridgehead atoms. The minimum atomic E-state index is -4.32. The molecule has 5 nitrogen and oxygen atoms in total. The largest absolute Gasteiger partial charge is 0.411 e. The van der Waals surface area contributed by atoms with Gasteiger partial charge in [0.25, 0.3) is 0 Å². The van der Waals surface area contributed by atoms with Crippen molar-refractivity contribution in [3.8, 4) is 0 Å². The zero-order valence-electron chi connectivity index (χ0n) is 18.1. The van der Waals surface area contributed by atoms with Crippen LogP contribution in [0.3, 0.4) is 0 Å². The van der Waals surface area contributed by atoms with Crippen molar-refractivity contribution in [2.24, 2.45) is 10.4 Å². The van der Waals surface area contributed by atoms with E-state index in [1.165, 1.54) is 19.3 Å². The van der Waals surface area contributed by atoms with Gasteiger partial charge in [0.2, 0.25) is 0 Å². The van der Waals surface area contributed by atoms with E-state index in [9.17, 15) is 18.3 Å². The number of aliphatic hydroxyl groups is 1. The Morgan fingerprint density at radius 1 is 1.16 bits per heavy atom. The van der Waals surface area contributed by atoms with Crippen LogP contribution in [-0.4, -0.2) is 43.5 Å². The Kier molecular flexibility index (Phi) is 12.8. The van der Waals surface area contributed by atoms with Gasteiger partial charge in [-0.2, -0.15) is 13.2 Å². The highest BCUT2D eigenvalue weighted by Crippen LogP contribution is 2.38. The standard InChI is InChI=1S/C22H34F3N3O2.HI/c1-2-26-20(28-16-21(11-12-29)9-4-3-5-10-21)27-14-18-7-6-8-19(13-18)15-30-17-22(23,24)25;/h6-8,13,29H,2-5,9-12,14-17H2,1H3,(H2,26,27,28);1H. The molecule has 178 valence electrons. The highest BCUT2D eigenvalue weighted by atomic mass is 127. The maximum Gasteiger partial charge on any atom is 0.411 e. The van der Waals surface area contributed by atoms with Crippen LogP contribution in [0.4, 0.5) is 13.2 Å². The van der Waals surface area contributed by atoms with Gasteiger partial charge in [0, 0.05) is 19.7 Å². The van der Waals surface area contributed by atoms with E-state index < -0.39 is 12.8 Å². The van der Waals surface area contributed by atoms with Crippen molar-refractivity contribution < 1.29 is 23.0 Å². The molecule has 1 aliphatic carbocycles. The Balaban J connectivity index is 0.00000480. The monoisotopic (exact) mass is 557 g/mol. The quantitative estimate of drug-likeness (QED) is 0.220. The number of aliphatic hydroxyl groups excluding tert-OH is 1. The summed E-state index contributed by atoms with van der Waals surface area (Å²) in [6, 6.07) is 7.26. The molecular weight excluding hydrogens is 522 g/mol. The number of benzene rings is 1. The van der Waals surface area contributed by atoms with E-state index in [1.807, 2.05) is 19.1 Å². The highest BCUT2D eigenvalue weighted by Gasteiger charge is 2.31. The second kappa shape index (κ2) is 14.2. The summed E-state index contributed by atoms with van der Waals surface area (Å²) in [6.07, 6.45) is 2.33. The minimum absolute atomic E-state index is 0. The van der Waals surface area contributed by atoms with Crippen molar-refractivity contribution in [3.05, 3.63) is 35.4 Å². The fourth-order valence-corrected chi connectivity index (χ4v) is 3.94. The van der Waals surface area contributed by atoms with Crippen LogP contribution in [0.1, 0.15) is 56.6 Å². The predicted molar refractivity (Wildman–Crippen MR) is 128 cm³/mol. The highest BCUT2D eigenvalue weighted by molar-refractivity contribution is 14.0. The van der Waals surface area contributed by atoms with Gasteiger partial charge in [-0.05, 0) is 42.7 Å². The van der Waals surface area contributed by atoms with E-state index in [2.05, 4.69) is 15.6 Å². The lowest BCUT2D eigenvalue weighted by atomic mass is 9.72. The number of rotatable bonds is 10. The predicted octanol–water partition coefficient (Wildman–Crippen LogP) is 4.77. The summed E-state index contributed by atoms with van der Waals surface area (Å²) >= 11 is 0. The molecule has 2 rings (SSSR count). The summed E-state index contributed by atoms with van der Waals surface area (Å²) in [5.41, 5.74) is 1.70. The molecule has 0 aromatic heterocycles. The molecule has 0 atom stereocenters. The van der Waals surface area contributed by atoms with E-state index in [0.717, 1.165) is 37.9 Å². The van der Waals surface area contributed by atoms with Gasteiger partial charge >= 0.3 is 6.18 Å². The molecule has 1 aromatic rings. The number of nitrogens with zero attached hydrogens (tertiary/aromatic N) is 1. The third kappa shape index (κ3) is 10.9. The SMILES string of the molecule is CCNC(=NCc1cccc(COCC(F)(F)F)c1)NCC1(CCO)CCCCC1.I. The second-order valence-corrected chi connectivity index (χ2v) is 8.01. The molecule has 0 heterocycles. The minimum Gasteiger partial charge on any atom is -0.396 e. The van der Waals surface area contributed by atoms with Crippen LogP contribution in [0.15, 0.2) is 29.3 Å². The maximum absolute atomic E-state index is 12.2. The molecule has 0 amide bonds. The van der Waals surface area contributed by atoms with E-state index in [0.29, 0.717) is 18.1 Å². The normalized spacial score (nSPS) is 16.5. The first-order chi connectivity index (χ1) is 14.4. The number of aliphatic imine (C=N–C) groups is 1. The van der Waals surface area contributed by atoms with Crippen LogP contribution >= 0.6 is 24.0 Å². The Morgan fingerprint density at radius 3 is 2.52 bits per heavy atom. The van der Waals surface area contributed by atoms with Gasteiger partial charge in [-0.3, -0.25) is 0 Å². The average molecular weight is 557 g/mol. The van der Waals surface area contributed by atoms with Crippen LogP contribution in [-0.2, 0) is 17.9 Å². The lowest BCUT2D eigenvalue weighted by Crippen LogP contribution is -2.44. The van der Waals surface area contributed by atoms with Crippen molar-refractivity contribution in [2.75, 3.05) is 26.3 Å². The first-order valence-electron chi connectivity index (χ1n) is 10.7. The van der Waals surface area contributed by atoms with Gasteiger partial charge in [-0.25, -0.2) is 4.99 Å². The summed E-state index contributed by atoms with van der Waals surface area (Å²) in [6.45, 7) is 2.77. The van der Waals surface area contributed by atoms with Crippen molar-refractivity contribution in [1.82, 2.24) is 10.6 Å². The molecule has 1 saturated carbocycles. The molecule has 0 aliphatic heterocycles. The van der Waals surface area contributed by atoms with Crippen molar-refractivity contribution in [1.29, 1.82) is 0 Å². The Bertz CT molecular complexity index is 660. The number of guanidine groups is 1. The number of alkyl halides is 3. The Labute approximate surface area is 200 Å². The van der Waals surface area contributed by atoms with Gasteiger partial charge < -0.3 is 20.5 Å². The van der Waals surface area contributed by atoms with Gasteiger partial charge in [0.05, 0.1) is 13.2 Å². The van der Waals surface area contributed by atoms with Crippen molar-refractivity contribution in [2.45, 2.75) is 64.8 Å². The molecular formula is C22H35F3IN3O2. The maximum atomic E-state index is 12.2. The number of ether oxygens (including phenoxy) is 1. The fourth-order valence-electron chi connectivity index (χ4n) is 3.94. The molecule has 1 fully saturated rings. The zero-order chi connectivity index (χ0) is 21.9. The number of hydrogen-bond acceptors (Lipinski definition) is 3. The number of nitrogens with one attached hydrogen (secondary N) is 2. The molecule has 0 radical (unpaired) electrons. The first-order valence-corrected chi connectivity index (χ1v) is 10.7. The lowest BCUT2D eigenvalue weighted by molar-refractivity contribution is -0.176. The molecule has 0 spiro atoms. The molecule has 0 unspecified atom stereocenters. The molecule has 9 heteroatoms. The summed E-state index contributed by atoms with van der Waals surface area (Å²) in [5.74, 6) is 0.708. The van der Waals surface area contributed by atoms with E-state index in [4.69, 9.17) is 4.74 Å². The fraction of sp³-hybridized carbons (Fsp3) is 0.682. The molecule has 0 saturated heterocycles. The lowest BCUT2D eigenvalue weighted by Gasteiger charge is -2.37. The molecule has 1 aromatic carbocycles. The third-order valence-corrected chi connectivity index (χ3v) is 5.48. The van der Waals surface area contributed by atoms with Crippen LogP contribution < -0.4 is 10.6 Å².